The van der Waals surface area contributed by atoms with Gasteiger partial charge in [0.05, 0.1) is 11.6 Å². The molecule has 35 heavy (non-hydrogen) atoms. The summed E-state index contributed by atoms with van der Waals surface area (Å²) >= 11 is 0. The molecule has 2 amide bonds. The molecule has 9 heteroatoms. The highest BCUT2D eigenvalue weighted by Gasteiger charge is 2.31. The number of hydrogen-bond donors (Lipinski definition) is 3. The zero-order chi connectivity index (χ0) is 25.8. The molecule has 3 aromatic rings. The fourth-order valence-corrected chi connectivity index (χ4v) is 3.50. The van der Waals surface area contributed by atoms with Gasteiger partial charge in [-0.1, -0.05) is 63.2 Å². The van der Waals surface area contributed by atoms with Gasteiger partial charge in [0, 0.05) is 5.69 Å². The van der Waals surface area contributed by atoms with Crippen LogP contribution in [0, 0.1) is 0 Å². The molecule has 1 unspecified atom stereocenters. The molecule has 0 saturated heterocycles. The third kappa shape index (κ3) is 6.99. The van der Waals surface area contributed by atoms with Gasteiger partial charge in [0.2, 0.25) is 0 Å². The maximum absolute atomic E-state index is 12.8. The molecule has 0 aliphatic carbocycles. The standard InChI is InChI=1S/C26H25F3N2O4/c1-25(2,3)17-10-8-16(9-11-17)22(20-6-4-5-7-21(20)23(32)33)31-24(34)30-18-12-14-19(15-13-18)35-26(27,28)29/h4-15,22H,1-3H3,(H,32,33)(H2,30,31,34). The van der Waals surface area contributed by atoms with Crippen LogP contribution in [0.1, 0.15) is 53.9 Å². The Morgan fingerprint density at radius 3 is 2.03 bits per heavy atom. The first-order valence-corrected chi connectivity index (χ1v) is 10.7. The lowest BCUT2D eigenvalue weighted by atomic mass is 9.85. The van der Waals surface area contributed by atoms with E-state index in [-0.39, 0.29) is 16.7 Å². The second-order valence-electron chi connectivity index (χ2n) is 8.87. The number of halogens is 3. The Bertz CT molecular complexity index is 1180. The monoisotopic (exact) mass is 486 g/mol. The summed E-state index contributed by atoms with van der Waals surface area (Å²) in [5.41, 5.74) is 2.27. The van der Waals surface area contributed by atoms with E-state index in [4.69, 9.17) is 0 Å². The molecule has 0 saturated carbocycles. The summed E-state index contributed by atoms with van der Waals surface area (Å²) in [6, 6.07) is 17.0. The van der Waals surface area contributed by atoms with Gasteiger partial charge in [-0.05, 0) is 52.4 Å². The van der Waals surface area contributed by atoms with Crippen LogP contribution in [0.2, 0.25) is 0 Å². The summed E-state index contributed by atoms with van der Waals surface area (Å²) < 4.78 is 40.9. The molecule has 0 fully saturated rings. The number of carbonyl (C=O) groups excluding carboxylic acids is 1. The van der Waals surface area contributed by atoms with Gasteiger partial charge >= 0.3 is 18.4 Å². The maximum atomic E-state index is 12.8. The molecule has 3 aromatic carbocycles. The van der Waals surface area contributed by atoms with Gasteiger partial charge in [-0.15, -0.1) is 13.2 Å². The number of hydrogen-bond acceptors (Lipinski definition) is 3. The first-order chi connectivity index (χ1) is 16.3. The van der Waals surface area contributed by atoms with Gasteiger partial charge < -0.3 is 20.5 Å². The summed E-state index contributed by atoms with van der Waals surface area (Å²) in [5, 5.41) is 15.0. The van der Waals surface area contributed by atoms with Gasteiger partial charge in [-0.2, -0.15) is 0 Å². The molecule has 0 aromatic heterocycles. The van der Waals surface area contributed by atoms with E-state index in [0.29, 0.717) is 11.1 Å². The van der Waals surface area contributed by atoms with E-state index in [2.05, 4.69) is 36.1 Å². The predicted molar refractivity (Wildman–Crippen MR) is 126 cm³/mol. The Morgan fingerprint density at radius 2 is 1.49 bits per heavy atom. The fraction of sp³-hybridized carbons (Fsp3) is 0.231. The molecular formula is C26H25F3N2O4. The van der Waals surface area contributed by atoms with Crippen LogP contribution in [0.5, 0.6) is 5.75 Å². The first kappa shape index (κ1) is 25.6. The third-order valence-electron chi connectivity index (χ3n) is 5.23. The zero-order valence-corrected chi connectivity index (χ0v) is 19.3. The molecule has 6 nitrogen and oxygen atoms in total. The average Bonchev–Trinajstić information content (AvgIpc) is 2.77. The second kappa shape index (κ2) is 10.1. The maximum Gasteiger partial charge on any atom is 0.573 e. The molecular weight excluding hydrogens is 461 g/mol. The number of carboxylic acids is 1. The van der Waals surface area contributed by atoms with Crippen LogP contribution in [0.4, 0.5) is 23.7 Å². The van der Waals surface area contributed by atoms with Crippen molar-refractivity contribution in [3.63, 3.8) is 0 Å². The van der Waals surface area contributed by atoms with Crippen molar-refractivity contribution in [3.05, 3.63) is 95.1 Å². The van der Waals surface area contributed by atoms with Crippen LogP contribution in [-0.4, -0.2) is 23.5 Å². The Hall–Kier alpha value is -4.01. The number of nitrogens with one attached hydrogen (secondary N) is 2. The number of carbonyl (C=O) groups is 2. The van der Waals surface area contributed by atoms with Crippen molar-refractivity contribution in [2.24, 2.45) is 0 Å². The van der Waals surface area contributed by atoms with Gasteiger partial charge in [0.25, 0.3) is 0 Å². The van der Waals surface area contributed by atoms with Crippen molar-refractivity contribution in [1.29, 1.82) is 0 Å². The topological polar surface area (TPSA) is 87.7 Å². The number of alkyl halides is 3. The fourth-order valence-electron chi connectivity index (χ4n) is 3.50. The molecule has 184 valence electrons. The molecule has 0 bridgehead atoms. The first-order valence-electron chi connectivity index (χ1n) is 10.7. The number of benzene rings is 3. The predicted octanol–water partition coefficient (Wildman–Crippen LogP) is 6.49. The number of amides is 2. The Morgan fingerprint density at radius 1 is 0.886 bits per heavy atom. The SMILES string of the molecule is CC(C)(C)c1ccc(C(NC(=O)Nc2ccc(OC(F)(F)F)cc2)c2ccccc2C(=O)O)cc1. The summed E-state index contributed by atoms with van der Waals surface area (Å²) in [6.07, 6.45) is -4.82. The number of anilines is 1. The van der Waals surface area contributed by atoms with E-state index >= 15 is 0 Å². The molecule has 3 rings (SSSR count). The normalized spacial score (nSPS) is 12.5. The Kier molecular flexibility index (Phi) is 7.38. The minimum Gasteiger partial charge on any atom is -0.478 e. The van der Waals surface area contributed by atoms with Crippen LogP contribution in [0.15, 0.2) is 72.8 Å². The highest BCUT2D eigenvalue weighted by molar-refractivity contribution is 5.92. The molecule has 0 radical (unpaired) electrons. The number of aromatic carboxylic acids is 1. The van der Waals surface area contributed by atoms with E-state index in [0.717, 1.165) is 17.7 Å². The van der Waals surface area contributed by atoms with E-state index in [1.807, 2.05) is 24.3 Å². The zero-order valence-electron chi connectivity index (χ0n) is 19.3. The van der Waals surface area contributed by atoms with Crippen LogP contribution in [-0.2, 0) is 5.41 Å². The second-order valence-corrected chi connectivity index (χ2v) is 8.87. The summed E-state index contributed by atoms with van der Waals surface area (Å²) in [7, 11) is 0. The van der Waals surface area contributed by atoms with Crippen LogP contribution >= 0.6 is 0 Å². The largest absolute Gasteiger partial charge is 0.573 e. The summed E-state index contributed by atoms with van der Waals surface area (Å²) in [4.78, 5) is 24.6. The highest BCUT2D eigenvalue weighted by Crippen LogP contribution is 2.29. The van der Waals surface area contributed by atoms with Gasteiger partial charge in [0.15, 0.2) is 0 Å². The van der Waals surface area contributed by atoms with Crippen molar-refractivity contribution in [1.82, 2.24) is 5.32 Å². The number of rotatable bonds is 6. The minimum absolute atomic E-state index is 0.0337. The lowest BCUT2D eigenvalue weighted by molar-refractivity contribution is -0.274. The molecule has 0 aliphatic heterocycles. The van der Waals surface area contributed by atoms with Gasteiger partial charge in [-0.3, -0.25) is 0 Å². The van der Waals surface area contributed by atoms with Crippen molar-refractivity contribution in [3.8, 4) is 5.75 Å². The smallest absolute Gasteiger partial charge is 0.478 e. The minimum atomic E-state index is -4.82. The van der Waals surface area contributed by atoms with Crippen LogP contribution in [0.3, 0.4) is 0 Å². The molecule has 0 aliphatic rings. The molecule has 0 spiro atoms. The molecule has 3 N–H and O–H groups in total. The lowest BCUT2D eigenvalue weighted by Gasteiger charge is -2.24. The van der Waals surface area contributed by atoms with E-state index in [9.17, 15) is 27.9 Å². The quantitative estimate of drug-likeness (QED) is 0.372. The van der Waals surface area contributed by atoms with Gasteiger partial charge in [-0.25, -0.2) is 9.59 Å². The van der Waals surface area contributed by atoms with E-state index in [1.165, 1.54) is 18.2 Å². The Balaban J connectivity index is 1.87. The molecule has 1 atom stereocenters. The van der Waals surface area contributed by atoms with Crippen molar-refractivity contribution < 1.29 is 32.6 Å². The van der Waals surface area contributed by atoms with Crippen molar-refractivity contribution in [2.75, 3.05) is 5.32 Å². The number of urea groups is 1. The van der Waals surface area contributed by atoms with Crippen molar-refractivity contribution >= 4 is 17.7 Å². The molecule has 0 heterocycles. The van der Waals surface area contributed by atoms with Crippen LogP contribution < -0.4 is 15.4 Å². The van der Waals surface area contributed by atoms with E-state index in [1.54, 1.807) is 18.2 Å². The van der Waals surface area contributed by atoms with Crippen LogP contribution in [0.25, 0.3) is 0 Å². The summed E-state index contributed by atoms with van der Waals surface area (Å²) in [5.74, 6) is -1.56. The van der Waals surface area contributed by atoms with Crippen molar-refractivity contribution in [2.45, 2.75) is 38.6 Å². The van der Waals surface area contributed by atoms with Gasteiger partial charge in [0.1, 0.15) is 5.75 Å². The lowest BCUT2D eigenvalue weighted by Crippen LogP contribution is -2.34. The Labute approximate surface area is 200 Å². The number of carboxylic acid groups (broad SMARTS) is 1. The third-order valence-corrected chi connectivity index (χ3v) is 5.23. The average molecular weight is 486 g/mol. The summed E-state index contributed by atoms with van der Waals surface area (Å²) in [6.45, 7) is 6.20. The highest BCUT2D eigenvalue weighted by atomic mass is 19.4. The van der Waals surface area contributed by atoms with E-state index < -0.39 is 30.2 Å². The number of ether oxygens (including phenoxy) is 1.